The number of alkyl halides is 3. The van der Waals surface area contributed by atoms with E-state index in [4.69, 9.17) is 10.5 Å². The van der Waals surface area contributed by atoms with Crippen molar-refractivity contribution in [1.29, 1.82) is 0 Å². The van der Waals surface area contributed by atoms with E-state index in [-0.39, 0.29) is 18.2 Å². The number of ether oxygens (including phenoxy) is 1. The molecule has 0 bridgehead atoms. The fraction of sp³-hybridized carbons (Fsp3) is 0.250. The van der Waals surface area contributed by atoms with Crippen molar-refractivity contribution in [3.8, 4) is 0 Å². The monoisotopic (exact) mass is 258 g/mol. The van der Waals surface area contributed by atoms with Crippen molar-refractivity contribution in [3.05, 3.63) is 42.0 Å². The van der Waals surface area contributed by atoms with Gasteiger partial charge < -0.3 is 10.5 Å². The van der Waals surface area contributed by atoms with Gasteiger partial charge in [-0.15, -0.1) is 0 Å². The zero-order valence-corrected chi connectivity index (χ0v) is 9.79. The van der Waals surface area contributed by atoms with E-state index >= 15 is 0 Å². The van der Waals surface area contributed by atoms with Crippen LogP contribution in [0, 0.1) is 0 Å². The van der Waals surface area contributed by atoms with Gasteiger partial charge in [0.25, 0.3) is 0 Å². The molecule has 0 aromatic heterocycles. The van der Waals surface area contributed by atoms with E-state index in [1.54, 1.807) is 0 Å². The fourth-order valence-electron chi connectivity index (χ4n) is 1.22. The van der Waals surface area contributed by atoms with Crippen molar-refractivity contribution < 1.29 is 17.9 Å². The topological polar surface area (TPSA) is 47.6 Å². The van der Waals surface area contributed by atoms with E-state index in [0.717, 1.165) is 12.1 Å². The van der Waals surface area contributed by atoms with Gasteiger partial charge >= 0.3 is 6.18 Å². The van der Waals surface area contributed by atoms with Gasteiger partial charge in [0.2, 0.25) is 5.90 Å². The maximum absolute atomic E-state index is 12.4. The van der Waals surface area contributed by atoms with E-state index in [1.165, 1.54) is 19.2 Å². The molecule has 6 heteroatoms. The number of benzene rings is 1. The van der Waals surface area contributed by atoms with E-state index < -0.39 is 11.7 Å². The highest BCUT2D eigenvalue weighted by Gasteiger charge is 2.30. The van der Waals surface area contributed by atoms with Gasteiger partial charge in [-0.3, -0.25) is 4.99 Å². The third kappa shape index (κ3) is 3.59. The van der Waals surface area contributed by atoms with Crippen LogP contribution >= 0.6 is 0 Å². The summed E-state index contributed by atoms with van der Waals surface area (Å²) in [4.78, 5) is 3.76. The molecule has 0 unspecified atom stereocenters. The summed E-state index contributed by atoms with van der Waals surface area (Å²) < 4.78 is 42.3. The minimum Gasteiger partial charge on any atom is -0.442 e. The minimum absolute atomic E-state index is 0.0934. The maximum Gasteiger partial charge on any atom is 0.416 e. The van der Waals surface area contributed by atoms with Gasteiger partial charge in [-0.1, -0.05) is 18.7 Å². The van der Waals surface area contributed by atoms with Gasteiger partial charge in [0.15, 0.2) is 0 Å². The molecule has 1 aromatic carbocycles. The van der Waals surface area contributed by atoms with Crippen LogP contribution in [0.15, 0.2) is 35.8 Å². The molecule has 2 N–H and O–H groups in total. The second-order valence-electron chi connectivity index (χ2n) is 3.42. The molecule has 3 nitrogen and oxygen atoms in total. The van der Waals surface area contributed by atoms with Crippen molar-refractivity contribution in [3.63, 3.8) is 0 Å². The van der Waals surface area contributed by atoms with Crippen LogP contribution in [0.3, 0.4) is 0 Å². The van der Waals surface area contributed by atoms with E-state index in [9.17, 15) is 13.2 Å². The highest BCUT2D eigenvalue weighted by atomic mass is 19.4. The Morgan fingerprint density at radius 2 is 1.89 bits per heavy atom. The number of aliphatic imine (C=N–C) groups is 1. The molecule has 0 atom stereocenters. The number of nitrogens with two attached hydrogens (primary N) is 1. The lowest BCUT2D eigenvalue weighted by atomic mass is 10.1. The highest BCUT2D eigenvalue weighted by Crippen LogP contribution is 2.29. The smallest absolute Gasteiger partial charge is 0.416 e. The molecule has 0 aliphatic rings. The molecule has 0 radical (unpaired) electrons. The molecule has 0 spiro atoms. The Morgan fingerprint density at radius 3 is 2.28 bits per heavy atom. The second kappa shape index (κ2) is 5.68. The Morgan fingerprint density at radius 1 is 1.33 bits per heavy atom. The third-order valence-corrected chi connectivity index (χ3v) is 2.20. The summed E-state index contributed by atoms with van der Waals surface area (Å²) in [7, 11) is 1.50. The fourth-order valence-corrected chi connectivity index (χ4v) is 1.22. The minimum atomic E-state index is -4.35. The molecule has 1 rings (SSSR count). The Kier molecular flexibility index (Phi) is 4.49. The first-order chi connectivity index (χ1) is 8.38. The molecule has 0 amide bonds. The summed E-state index contributed by atoms with van der Waals surface area (Å²) in [5.74, 6) is 0.467. The summed E-state index contributed by atoms with van der Waals surface area (Å²) in [5, 5.41) is 0. The largest absolute Gasteiger partial charge is 0.442 e. The predicted molar refractivity (Wildman–Crippen MR) is 64.0 cm³/mol. The number of hydrogen-bond acceptors (Lipinski definition) is 3. The predicted octanol–water partition coefficient (Wildman–Crippen LogP) is 2.68. The van der Waals surface area contributed by atoms with E-state index in [0.29, 0.717) is 5.56 Å². The van der Waals surface area contributed by atoms with E-state index in [1.807, 2.05) is 0 Å². The van der Waals surface area contributed by atoms with Crippen molar-refractivity contribution in [2.24, 2.45) is 10.7 Å². The average Bonchev–Trinajstić information content (AvgIpc) is 2.34. The van der Waals surface area contributed by atoms with Gasteiger partial charge in [0.1, 0.15) is 5.76 Å². The van der Waals surface area contributed by atoms with Crippen LogP contribution in [0.2, 0.25) is 0 Å². The van der Waals surface area contributed by atoms with Crippen molar-refractivity contribution in [2.45, 2.75) is 6.18 Å². The Hall–Kier alpha value is -1.82. The third-order valence-electron chi connectivity index (χ3n) is 2.20. The molecule has 0 saturated heterocycles. The zero-order valence-electron chi connectivity index (χ0n) is 9.79. The molecule has 0 aliphatic carbocycles. The number of halogens is 3. The first-order valence-electron chi connectivity index (χ1n) is 5.08. The SMILES string of the molecule is C=C(OC(CN)=NC)c1ccc(C(F)(F)F)cc1. The molecular weight excluding hydrogens is 245 g/mol. The van der Waals surface area contributed by atoms with Gasteiger partial charge in [-0.25, -0.2) is 0 Å². The van der Waals surface area contributed by atoms with Crippen LogP contribution in [-0.2, 0) is 10.9 Å². The number of nitrogens with zero attached hydrogens (tertiary/aromatic N) is 1. The number of rotatable bonds is 3. The summed E-state index contributed by atoms with van der Waals surface area (Å²) in [6.45, 7) is 3.71. The summed E-state index contributed by atoms with van der Waals surface area (Å²) >= 11 is 0. The van der Waals surface area contributed by atoms with Crippen LogP contribution in [0.5, 0.6) is 0 Å². The normalized spacial score (nSPS) is 12.4. The molecular formula is C12H13F3N2O. The Bertz CT molecular complexity index is 449. The summed E-state index contributed by atoms with van der Waals surface area (Å²) in [6, 6.07) is 4.51. The highest BCUT2D eigenvalue weighted by molar-refractivity contribution is 5.83. The van der Waals surface area contributed by atoms with Gasteiger partial charge in [-0.2, -0.15) is 13.2 Å². The zero-order chi connectivity index (χ0) is 13.8. The van der Waals surface area contributed by atoms with Crippen LogP contribution in [-0.4, -0.2) is 19.5 Å². The van der Waals surface area contributed by atoms with Crippen LogP contribution in [0.25, 0.3) is 5.76 Å². The number of hydrogen-bond donors (Lipinski definition) is 1. The van der Waals surface area contributed by atoms with Crippen molar-refractivity contribution in [1.82, 2.24) is 0 Å². The average molecular weight is 258 g/mol. The molecule has 18 heavy (non-hydrogen) atoms. The molecule has 0 fully saturated rings. The second-order valence-corrected chi connectivity index (χ2v) is 3.42. The van der Waals surface area contributed by atoms with Crippen LogP contribution in [0.1, 0.15) is 11.1 Å². The quantitative estimate of drug-likeness (QED) is 0.514. The molecule has 0 saturated carbocycles. The lowest BCUT2D eigenvalue weighted by Gasteiger charge is -2.11. The van der Waals surface area contributed by atoms with Crippen LogP contribution < -0.4 is 5.73 Å². The van der Waals surface area contributed by atoms with E-state index in [2.05, 4.69) is 11.6 Å². The molecule has 1 aromatic rings. The van der Waals surface area contributed by atoms with Crippen LogP contribution in [0.4, 0.5) is 13.2 Å². The van der Waals surface area contributed by atoms with Gasteiger partial charge in [0, 0.05) is 12.6 Å². The maximum atomic E-state index is 12.4. The van der Waals surface area contributed by atoms with Crippen molar-refractivity contribution >= 4 is 11.7 Å². The Balaban J connectivity index is 2.83. The van der Waals surface area contributed by atoms with Crippen molar-refractivity contribution in [2.75, 3.05) is 13.6 Å². The summed E-state index contributed by atoms with van der Waals surface area (Å²) in [6.07, 6.45) is -4.35. The first-order valence-corrected chi connectivity index (χ1v) is 5.08. The summed E-state index contributed by atoms with van der Waals surface area (Å²) in [5.41, 5.74) is 5.07. The molecule has 0 heterocycles. The molecule has 98 valence electrons. The first kappa shape index (κ1) is 14.2. The van der Waals surface area contributed by atoms with Gasteiger partial charge in [-0.05, 0) is 12.1 Å². The molecule has 0 aliphatic heterocycles. The van der Waals surface area contributed by atoms with Gasteiger partial charge in [0.05, 0.1) is 12.1 Å². The Labute approximate surface area is 103 Å². The lowest BCUT2D eigenvalue weighted by Crippen LogP contribution is -2.16. The lowest BCUT2D eigenvalue weighted by molar-refractivity contribution is -0.137. The standard InChI is InChI=1S/C12H13F3N2O/c1-8(18-11(7-16)17-2)9-3-5-10(6-4-9)12(13,14)15/h3-6H,1,7,16H2,2H3.